The molecule has 2 aliphatic rings. The highest BCUT2D eigenvalue weighted by Gasteiger charge is 2.24. The second-order valence-corrected chi connectivity index (χ2v) is 5.70. The molecule has 1 aromatic carbocycles. The summed E-state index contributed by atoms with van der Waals surface area (Å²) in [6, 6.07) is 6.82. The van der Waals surface area contributed by atoms with Crippen LogP contribution in [0.3, 0.4) is 0 Å². The molecule has 1 unspecified atom stereocenters. The molecule has 0 aromatic heterocycles. The van der Waals surface area contributed by atoms with Crippen LogP contribution in [-0.4, -0.2) is 26.3 Å². The van der Waals surface area contributed by atoms with E-state index in [0.29, 0.717) is 6.04 Å². The van der Waals surface area contributed by atoms with E-state index in [-0.39, 0.29) is 0 Å². The van der Waals surface area contributed by atoms with Crippen molar-refractivity contribution < 1.29 is 9.47 Å². The normalized spacial score (nSPS) is 22.5. The van der Waals surface area contributed by atoms with Crippen molar-refractivity contribution in [3.8, 4) is 11.5 Å². The molecular formula is C16H23NO2. The van der Waals surface area contributed by atoms with E-state index in [9.17, 15) is 0 Å². The number of para-hydroxylation sites is 1. The zero-order valence-electron chi connectivity index (χ0n) is 11.7. The Kier molecular flexibility index (Phi) is 3.92. The quantitative estimate of drug-likeness (QED) is 0.854. The second kappa shape index (κ2) is 5.83. The fraction of sp³-hybridized carbons (Fsp3) is 0.625. The first kappa shape index (κ1) is 12.8. The number of methoxy groups -OCH3 is 1. The van der Waals surface area contributed by atoms with Crippen LogP contribution in [0.25, 0.3) is 0 Å². The van der Waals surface area contributed by atoms with Crippen LogP contribution in [0, 0.1) is 5.92 Å². The van der Waals surface area contributed by atoms with E-state index in [2.05, 4.69) is 17.4 Å². The zero-order valence-corrected chi connectivity index (χ0v) is 11.7. The summed E-state index contributed by atoms with van der Waals surface area (Å²) in [7, 11) is 1.72. The van der Waals surface area contributed by atoms with Gasteiger partial charge < -0.3 is 14.8 Å². The average molecular weight is 261 g/mol. The number of hydrogen-bond donors (Lipinski definition) is 1. The predicted molar refractivity (Wildman–Crippen MR) is 75.9 cm³/mol. The molecule has 0 radical (unpaired) electrons. The van der Waals surface area contributed by atoms with Crippen LogP contribution in [0.5, 0.6) is 11.5 Å². The fourth-order valence-corrected chi connectivity index (χ4v) is 2.73. The van der Waals surface area contributed by atoms with Crippen LogP contribution in [0.4, 0.5) is 0 Å². The topological polar surface area (TPSA) is 30.5 Å². The maximum Gasteiger partial charge on any atom is 0.164 e. The van der Waals surface area contributed by atoms with Crippen molar-refractivity contribution in [2.24, 2.45) is 5.92 Å². The zero-order chi connectivity index (χ0) is 13.1. The monoisotopic (exact) mass is 261 g/mol. The summed E-state index contributed by atoms with van der Waals surface area (Å²) >= 11 is 0. The van der Waals surface area contributed by atoms with Crippen molar-refractivity contribution in [2.45, 2.75) is 38.1 Å². The molecule has 2 fully saturated rings. The van der Waals surface area contributed by atoms with Crippen molar-refractivity contribution in [1.29, 1.82) is 0 Å². The minimum absolute atomic E-state index is 0.593. The van der Waals surface area contributed by atoms with E-state index < -0.39 is 0 Å². The van der Waals surface area contributed by atoms with Crippen molar-refractivity contribution in [3.05, 3.63) is 23.8 Å². The third-order valence-corrected chi connectivity index (χ3v) is 4.07. The van der Waals surface area contributed by atoms with E-state index in [0.717, 1.165) is 37.0 Å². The number of hydrogen-bond acceptors (Lipinski definition) is 3. The maximum atomic E-state index is 6.04. The van der Waals surface area contributed by atoms with Gasteiger partial charge in [-0.1, -0.05) is 12.1 Å². The van der Waals surface area contributed by atoms with Gasteiger partial charge in [0.15, 0.2) is 11.5 Å². The molecule has 3 heteroatoms. The minimum atomic E-state index is 0.593. The Bertz CT molecular complexity index is 423. The molecule has 1 saturated carbocycles. The largest absolute Gasteiger partial charge is 0.493 e. The van der Waals surface area contributed by atoms with Crippen LogP contribution >= 0.6 is 0 Å². The molecule has 1 heterocycles. The summed E-state index contributed by atoms with van der Waals surface area (Å²) in [5.41, 5.74) is 1.28. The Hall–Kier alpha value is -1.22. The van der Waals surface area contributed by atoms with Crippen LogP contribution in [0.2, 0.25) is 0 Å². The van der Waals surface area contributed by atoms with Gasteiger partial charge in [0.25, 0.3) is 0 Å². The molecule has 0 bridgehead atoms. The van der Waals surface area contributed by atoms with Gasteiger partial charge in [-0.25, -0.2) is 0 Å². The van der Waals surface area contributed by atoms with Gasteiger partial charge in [0, 0.05) is 6.04 Å². The molecule has 3 rings (SSSR count). The first-order valence-electron chi connectivity index (χ1n) is 7.39. The fourth-order valence-electron chi connectivity index (χ4n) is 2.73. The lowest BCUT2D eigenvalue weighted by molar-refractivity contribution is 0.276. The molecule has 104 valence electrons. The summed E-state index contributed by atoms with van der Waals surface area (Å²) in [4.78, 5) is 0. The van der Waals surface area contributed by atoms with E-state index in [1.165, 1.54) is 31.2 Å². The molecule has 19 heavy (non-hydrogen) atoms. The van der Waals surface area contributed by atoms with E-state index in [1.54, 1.807) is 7.11 Å². The number of nitrogens with one attached hydrogen (secondary N) is 1. The molecule has 3 nitrogen and oxygen atoms in total. The molecule has 1 aliphatic heterocycles. The van der Waals surface area contributed by atoms with E-state index in [1.807, 2.05) is 6.07 Å². The lowest BCUT2D eigenvalue weighted by Crippen LogP contribution is -2.24. The molecule has 0 spiro atoms. The first-order chi connectivity index (χ1) is 9.36. The van der Waals surface area contributed by atoms with Gasteiger partial charge in [-0.2, -0.15) is 0 Å². The van der Waals surface area contributed by atoms with Crippen molar-refractivity contribution in [1.82, 2.24) is 5.32 Å². The molecule has 0 amide bonds. The third-order valence-electron chi connectivity index (χ3n) is 4.07. The Morgan fingerprint density at radius 3 is 2.84 bits per heavy atom. The van der Waals surface area contributed by atoms with Gasteiger partial charge in [-0.05, 0) is 56.2 Å². The Labute approximate surface area is 115 Å². The predicted octanol–water partition coefficient (Wildman–Crippen LogP) is 2.78. The second-order valence-electron chi connectivity index (χ2n) is 5.70. The molecule has 1 aromatic rings. The van der Waals surface area contributed by atoms with E-state index >= 15 is 0 Å². The Morgan fingerprint density at radius 2 is 2.16 bits per heavy atom. The number of rotatable bonds is 6. The van der Waals surface area contributed by atoms with Crippen molar-refractivity contribution >= 4 is 0 Å². The maximum absolute atomic E-state index is 6.04. The molecule has 1 saturated heterocycles. The lowest BCUT2D eigenvalue weighted by Gasteiger charge is -2.17. The summed E-state index contributed by atoms with van der Waals surface area (Å²) in [6.45, 7) is 1.98. The highest BCUT2D eigenvalue weighted by atomic mass is 16.5. The molecule has 1 aliphatic carbocycles. The standard InChI is InChI=1S/C16H23NO2/c1-18-15-6-2-4-13(10-14-5-3-9-17-14)16(15)19-11-12-7-8-12/h2,4,6,12,14,17H,3,5,7-11H2,1H3. The van der Waals surface area contributed by atoms with Crippen LogP contribution in [-0.2, 0) is 6.42 Å². The van der Waals surface area contributed by atoms with Crippen molar-refractivity contribution in [2.75, 3.05) is 20.3 Å². The summed E-state index contributed by atoms with van der Waals surface area (Å²) in [5.74, 6) is 2.60. The highest BCUT2D eigenvalue weighted by molar-refractivity contribution is 5.47. The third kappa shape index (κ3) is 3.21. The molecule has 1 N–H and O–H groups in total. The van der Waals surface area contributed by atoms with Gasteiger partial charge in [0.05, 0.1) is 13.7 Å². The highest BCUT2D eigenvalue weighted by Crippen LogP contribution is 2.35. The van der Waals surface area contributed by atoms with Crippen LogP contribution in [0.15, 0.2) is 18.2 Å². The van der Waals surface area contributed by atoms with Gasteiger partial charge >= 0.3 is 0 Å². The summed E-state index contributed by atoms with van der Waals surface area (Å²) in [6.07, 6.45) is 6.21. The van der Waals surface area contributed by atoms with Gasteiger partial charge in [-0.3, -0.25) is 0 Å². The van der Waals surface area contributed by atoms with Gasteiger partial charge in [0.2, 0.25) is 0 Å². The van der Waals surface area contributed by atoms with E-state index in [4.69, 9.17) is 9.47 Å². The smallest absolute Gasteiger partial charge is 0.164 e. The minimum Gasteiger partial charge on any atom is -0.493 e. The van der Waals surface area contributed by atoms with Crippen LogP contribution in [0.1, 0.15) is 31.2 Å². The SMILES string of the molecule is COc1cccc(CC2CCCN2)c1OCC1CC1. The lowest BCUT2D eigenvalue weighted by atomic mass is 10.0. The average Bonchev–Trinajstić information content (AvgIpc) is 3.13. The molecule has 1 atom stereocenters. The first-order valence-corrected chi connectivity index (χ1v) is 7.39. The van der Waals surface area contributed by atoms with Gasteiger partial charge in [-0.15, -0.1) is 0 Å². The van der Waals surface area contributed by atoms with Crippen LogP contribution < -0.4 is 14.8 Å². The number of ether oxygens (including phenoxy) is 2. The van der Waals surface area contributed by atoms with Crippen molar-refractivity contribution in [3.63, 3.8) is 0 Å². The Morgan fingerprint density at radius 1 is 1.26 bits per heavy atom. The summed E-state index contributed by atoms with van der Waals surface area (Å²) in [5, 5.41) is 3.55. The summed E-state index contributed by atoms with van der Waals surface area (Å²) < 4.78 is 11.5. The molecular weight excluding hydrogens is 238 g/mol. The number of benzene rings is 1. The van der Waals surface area contributed by atoms with Gasteiger partial charge in [0.1, 0.15) is 0 Å². The Balaban J connectivity index is 1.74.